The Kier molecular flexibility index (Phi) is 4.51. The summed E-state index contributed by atoms with van der Waals surface area (Å²) in [5, 5.41) is 7.44. The van der Waals surface area contributed by atoms with E-state index in [9.17, 15) is 4.79 Å². The summed E-state index contributed by atoms with van der Waals surface area (Å²) in [6.45, 7) is 4.18. The number of carbonyl (C=O) groups is 1. The highest BCUT2D eigenvalue weighted by Gasteiger charge is 2.27. The second-order valence-corrected chi connectivity index (χ2v) is 7.05. The molecule has 4 rings (SSSR count). The van der Waals surface area contributed by atoms with Crippen molar-refractivity contribution in [2.75, 3.05) is 14.2 Å². The molecule has 3 aromatic rings. The number of fused-ring (bicyclic) bond motifs is 1. The van der Waals surface area contributed by atoms with E-state index >= 15 is 0 Å². The van der Waals surface area contributed by atoms with Crippen molar-refractivity contribution in [3.63, 3.8) is 0 Å². The van der Waals surface area contributed by atoms with Gasteiger partial charge in [0.05, 0.1) is 25.6 Å². The molecule has 1 aromatic heterocycles. The highest BCUT2D eigenvalue weighted by atomic mass is 16.5. The Hall–Kier alpha value is -3.34. The number of ether oxygens (including phenoxy) is 2. The van der Waals surface area contributed by atoms with Crippen LogP contribution in [0.2, 0.25) is 0 Å². The number of benzene rings is 2. The van der Waals surface area contributed by atoms with Gasteiger partial charge in [-0.25, -0.2) is 0 Å². The van der Waals surface area contributed by atoms with E-state index in [1.54, 1.807) is 20.3 Å². The number of hydrogen-bond donors (Lipinski definition) is 1. The minimum absolute atomic E-state index is 0.0123. The lowest BCUT2D eigenvalue weighted by atomic mass is 10.0. The summed E-state index contributed by atoms with van der Waals surface area (Å²) in [5.41, 5.74) is 7.54. The maximum absolute atomic E-state index is 12.8. The maximum Gasteiger partial charge on any atom is 0.189 e. The molecule has 142 valence electrons. The maximum atomic E-state index is 12.8. The van der Waals surface area contributed by atoms with Crippen LogP contribution < -0.4 is 9.47 Å². The Bertz CT molecular complexity index is 1110. The molecular weight excluding hydrogens is 352 g/mol. The smallest absolute Gasteiger partial charge is 0.189 e. The molecule has 1 aliphatic rings. The van der Waals surface area contributed by atoms with E-state index in [-0.39, 0.29) is 5.78 Å². The number of nitrogens with zero attached hydrogens (tertiary/aromatic N) is 1. The van der Waals surface area contributed by atoms with Crippen molar-refractivity contribution in [1.29, 1.82) is 0 Å². The third-order valence-corrected chi connectivity index (χ3v) is 5.26. The normalized spacial score (nSPS) is 14.4. The zero-order valence-corrected chi connectivity index (χ0v) is 16.4. The summed E-state index contributed by atoms with van der Waals surface area (Å²) in [5.74, 6) is 1.21. The molecule has 0 amide bonds. The summed E-state index contributed by atoms with van der Waals surface area (Å²) >= 11 is 0. The summed E-state index contributed by atoms with van der Waals surface area (Å²) < 4.78 is 10.7. The Morgan fingerprint density at radius 2 is 1.75 bits per heavy atom. The zero-order chi connectivity index (χ0) is 19.8. The van der Waals surface area contributed by atoms with Gasteiger partial charge in [0.2, 0.25) is 0 Å². The molecule has 0 fully saturated rings. The molecule has 1 aliphatic carbocycles. The number of allylic oxidation sites excluding steroid dienone is 1. The lowest BCUT2D eigenvalue weighted by molar-refractivity contribution is 0.104. The first-order valence-electron chi connectivity index (χ1n) is 9.13. The van der Waals surface area contributed by atoms with Gasteiger partial charge in [-0.05, 0) is 60.9 Å². The molecule has 0 unspecified atom stereocenters. The van der Waals surface area contributed by atoms with Crippen LogP contribution in [0.1, 0.15) is 32.7 Å². The first kappa shape index (κ1) is 18.0. The SMILES string of the molecule is COc1cc2c(cc1OC)C(=O)C(=Cc1cc(-c3ccc(C)c(C)c3)n[nH]1)C2. The number of H-pyrrole nitrogens is 1. The average Bonchev–Trinajstić information content (AvgIpc) is 3.28. The third-order valence-electron chi connectivity index (χ3n) is 5.26. The molecular formula is C23H22N2O3. The molecule has 28 heavy (non-hydrogen) atoms. The molecule has 0 atom stereocenters. The van der Waals surface area contributed by atoms with Gasteiger partial charge in [-0.3, -0.25) is 9.89 Å². The van der Waals surface area contributed by atoms with Gasteiger partial charge in [-0.2, -0.15) is 5.10 Å². The summed E-state index contributed by atoms with van der Waals surface area (Å²) in [4.78, 5) is 12.8. The number of aryl methyl sites for hydroxylation is 2. The minimum atomic E-state index is 0.0123. The molecule has 0 radical (unpaired) electrons. The minimum Gasteiger partial charge on any atom is -0.493 e. The Morgan fingerprint density at radius 1 is 1.00 bits per heavy atom. The van der Waals surface area contributed by atoms with Gasteiger partial charge >= 0.3 is 0 Å². The van der Waals surface area contributed by atoms with Crippen LogP contribution in [-0.4, -0.2) is 30.2 Å². The van der Waals surface area contributed by atoms with Crippen LogP contribution in [0.5, 0.6) is 11.5 Å². The molecule has 5 nitrogen and oxygen atoms in total. The Morgan fingerprint density at radius 3 is 2.46 bits per heavy atom. The molecule has 5 heteroatoms. The predicted molar refractivity (Wildman–Crippen MR) is 109 cm³/mol. The number of nitrogens with one attached hydrogen (secondary N) is 1. The number of carbonyl (C=O) groups excluding carboxylic acids is 1. The fraction of sp³-hybridized carbons (Fsp3) is 0.217. The van der Waals surface area contributed by atoms with E-state index in [1.165, 1.54) is 11.1 Å². The van der Waals surface area contributed by atoms with E-state index in [0.717, 1.165) is 28.1 Å². The van der Waals surface area contributed by atoms with Gasteiger partial charge in [0, 0.05) is 23.1 Å². The topological polar surface area (TPSA) is 64.2 Å². The monoisotopic (exact) mass is 374 g/mol. The van der Waals surface area contributed by atoms with Crippen LogP contribution in [0.4, 0.5) is 0 Å². The van der Waals surface area contributed by atoms with Gasteiger partial charge < -0.3 is 9.47 Å². The number of hydrogen-bond acceptors (Lipinski definition) is 4. The summed E-state index contributed by atoms with van der Waals surface area (Å²) in [6.07, 6.45) is 2.44. The van der Waals surface area contributed by atoms with Crippen molar-refractivity contribution in [1.82, 2.24) is 10.2 Å². The van der Waals surface area contributed by atoms with E-state index in [2.05, 4.69) is 42.2 Å². The van der Waals surface area contributed by atoms with Gasteiger partial charge in [0.15, 0.2) is 17.3 Å². The molecule has 0 saturated carbocycles. The fourth-order valence-corrected chi connectivity index (χ4v) is 3.50. The molecule has 1 N–H and O–H groups in total. The largest absolute Gasteiger partial charge is 0.493 e. The Balaban J connectivity index is 1.64. The third kappa shape index (κ3) is 3.09. The van der Waals surface area contributed by atoms with Crippen LogP contribution in [0, 0.1) is 13.8 Å². The molecule has 1 heterocycles. The summed E-state index contributed by atoms with van der Waals surface area (Å²) in [6, 6.07) is 11.9. The van der Waals surface area contributed by atoms with Crippen molar-refractivity contribution in [2.24, 2.45) is 0 Å². The number of aromatic nitrogens is 2. The highest BCUT2D eigenvalue weighted by molar-refractivity contribution is 6.15. The van der Waals surface area contributed by atoms with Gasteiger partial charge in [0.1, 0.15) is 0 Å². The number of methoxy groups -OCH3 is 2. The van der Waals surface area contributed by atoms with Crippen LogP contribution in [0.15, 0.2) is 42.0 Å². The van der Waals surface area contributed by atoms with Crippen molar-refractivity contribution >= 4 is 11.9 Å². The van der Waals surface area contributed by atoms with Crippen LogP contribution in [0.3, 0.4) is 0 Å². The van der Waals surface area contributed by atoms with Crippen molar-refractivity contribution in [3.05, 3.63) is 69.9 Å². The lowest BCUT2D eigenvalue weighted by Gasteiger charge is -2.08. The van der Waals surface area contributed by atoms with E-state index in [0.29, 0.717) is 23.5 Å². The quantitative estimate of drug-likeness (QED) is 0.681. The van der Waals surface area contributed by atoms with Crippen molar-refractivity contribution < 1.29 is 14.3 Å². The number of aromatic amines is 1. The zero-order valence-electron chi connectivity index (χ0n) is 16.4. The molecule has 0 saturated heterocycles. The average molecular weight is 374 g/mol. The number of Topliss-reactive ketones (excluding diaryl/α,β-unsaturated/α-hetero) is 1. The van der Waals surface area contributed by atoms with Crippen LogP contribution in [0.25, 0.3) is 17.3 Å². The molecule has 2 aromatic carbocycles. The van der Waals surface area contributed by atoms with Crippen LogP contribution in [-0.2, 0) is 6.42 Å². The van der Waals surface area contributed by atoms with Gasteiger partial charge in [0.25, 0.3) is 0 Å². The van der Waals surface area contributed by atoms with Crippen LogP contribution >= 0.6 is 0 Å². The van der Waals surface area contributed by atoms with Crippen molar-refractivity contribution in [3.8, 4) is 22.8 Å². The predicted octanol–water partition coefficient (Wildman–Crippen LogP) is 4.53. The lowest BCUT2D eigenvalue weighted by Crippen LogP contribution is -1.97. The fourth-order valence-electron chi connectivity index (χ4n) is 3.50. The van der Waals surface area contributed by atoms with E-state index in [1.807, 2.05) is 18.2 Å². The van der Waals surface area contributed by atoms with E-state index < -0.39 is 0 Å². The molecule has 0 spiro atoms. The second kappa shape index (κ2) is 7.00. The first-order chi connectivity index (χ1) is 13.5. The Labute approximate surface area is 164 Å². The number of rotatable bonds is 4. The molecule has 0 bridgehead atoms. The first-order valence-corrected chi connectivity index (χ1v) is 9.13. The highest BCUT2D eigenvalue weighted by Crippen LogP contribution is 2.37. The number of ketones is 1. The van der Waals surface area contributed by atoms with Gasteiger partial charge in [-0.1, -0.05) is 12.1 Å². The molecule has 0 aliphatic heterocycles. The van der Waals surface area contributed by atoms with Crippen molar-refractivity contribution in [2.45, 2.75) is 20.3 Å². The van der Waals surface area contributed by atoms with E-state index in [4.69, 9.17) is 9.47 Å². The standard InChI is InChI=1S/C23H22N2O3/c1-13-5-6-15(7-14(13)2)20-11-18(24-25-20)9-17-8-16-10-21(27-3)22(28-4)12-19(16)23(17)26/h5-7,9-12H,8H2,1-4H3,(H,24,25). The summed E-state index contributed by atoms with van der Waals surface area (Å²) in [7, 11) is 3.16. The van der Waals surface area contributed by atoms with Gasteiger partial charge in [-0.15, -0.1) is 0 Å². The second-order valence-electron chi connectivity index (χ2n) is 7.05.